The van der Waals surface area contributed by atoms with Crippen LogP contribution in [0.1, 0.15) is 21.5 Å². The molecule has 0 atom stereocenters. The lowest BCUT2D eigenvalue weighted by Gasteiger charge is -2.08. The predicted molar refractivity (Wildman–Crippen MR) is 93.5 cm³/mol. The van der Waals surface area contributed by atoms with Crippen molar-refractivity contribution in [3.8, 4) is 5.75 Å². The number of hydrogen-bond donors (Lipinski definition) is 2. The number of aryl methyl sites for hydroxylation is 1. The third kappa shape index (κ3) is 3.15. The molecule has 3 rings (SSSR count). The SMILES string of the molecule is COc1ccc2[nH]c(=O)c(CNC(=O)c3ccccc3C)cc2c1. The van der Waals surface area contributed by atoms with Gasteiger partial charge in [-0.1, -0.05) is 18.2 Å². The lowest BCUT2D eigenvalue weighted by Crippen LogP contribution is -2.27. The van der Waals surface area contributed by atoms with Crippen LogP contribution in [0.15, 0.2) is 53.3 Å². The van der Waals surface area contributed by atoms with Crippen LogP contribution in [-0.4, -0.2) is 18.0 Å². The number of aromatic nitrogens is 1. The standard InChI is InChI=1S/C19H18N2O3/c1-12-5-3-4-6-16(12)19(23)20-11-14-9-13-10-15(24-2)7-8-17(13)21-18(14)22/h3-10H,11H2,1-2H3,(H,20,23)(H,21,22). The fourth-order valence-electron chi connectivity index (χ4n) is 2.59. The Morgan fingerprint density at radius 1 is 1.17 bits per heavy atom. The van der Waals surface area contributed by atoms with Crippen LogP contribution >= 0.6 is 0 Å². The number of rotatable bonds is 4. The van der Waals surface area contributed by atoms with Gasteiger partial charge in [-0.3, -0.25) is 9.59 Å². The maximum absolute atomic E-state index is 12.3. The summed E-state index contributed by atoms with van der Waals surface area (Å²) < 4.78 is 5.20. The van der Waals surface area contributed by atoms with Gasteiger partial charge in [0, 0.05) is 28.6 Å². The molecule has 1 amide bonds. The molecular formula is C19H18N2O3. The third-order valence-corrected chi connectivity index (χ3v) is 3.96. The van der Waals surface area contributed by atoms with Crippen molar-refractivity contribution < 1.29 is 9.53 Å². The van der Waals surface area contributed by atoms with Crippen LogP contribution in [0.4, 0.5) is 0 Å². The molecule has 5 nitrogen and oxygen atoms in total. The molecule has 2 N–H and O–H groups in total. The summed E-state index contributed by atoms with van der Waals surface area (Å²) in [5.41, 5.74) is 2.52. The Bertz CT molecular complexity index is 960. The van der Waals surface area contributed by atoms with E-state index in [4.69, 9.17) is 4.74 Å². The molecule has 2 aromatic carbocycles. The van der Waals surface area contributed by atoms with Crippen molar-refractivity contribution >= 4 is 16.8 Å². The Morgan fingerprint density at radius 3 is 2.71 bits per heavy atom. The number of fused-ring (bicyclic) bond motifs is 1. The molecule has 1 heterocycles. The van der Waals surface area contributed by atoms with E-state index in [9.17, 15) is 9.59 Å². The van der Waals surface area contributed by atoms with Crippen LogP contribution in [0, 0.1) is 6.92 Å². The number of ether oxygens (including phenoxy) is 1. The molecule has 24 heavy (non-hydrogen) atoms. The third-order valence-electron chi connectivity index (χ3n) is 3.96. The highest BCUT2D eigenvalue weighted by molar-refractivity contribution is 5.95. The zero-order valence-corrected chi connectivity index (χ0v) is 13.6. The van der Waals surface area contributed by atoms with Crippen molar-refractivity contribution in [3.63, 3.8) is 0 Å². The van der Waals surface area contributed by atoms with Crippen molar-refractivity contribution in [1.29, 1.82) is 0 Å². The summed E-state index contributed by atoms with van der Waals surface area (Å²) in [5.74, 6) is 0.516. The molecule has 5 heteroatoms. The van der Waals surface area contributed by atoms with Gasteiger partial charge in [0.2, 0.25) is 0 Å². The quantitative estimate of drug-likeness (QED) is 0.776. The first-order chi connectivity index (χ1) is 11.6. The fraction of sp³-hybridized carbons (Fsp3) is 0.158. The summed E-state index contributed by atoms with van der Waals surface area (Å²) in [5, 5.41) is 3.66. The molecule has 0 aliphatic carbocycles. The minimum atomic E-state index is -0.210. The van der Waals surface area contributed by atoms with Gasteiger partial charge in [0.25, 0.3) is 11.5 Å². The van der Waals surface area contributed by atoms with E-state index in [-0.39, 0.29) is 18.0 Å². The minimum Gasteiger partial charge on any atom is -0.497 e. The second-order valence-electron chi connectivity index (χ2n) is 5.57. The Hall–Kier alpha value is -3.08. The number of benzene rings is 2. The Kier molecular flexibility index (Phi) is 4.33. The molecule has 0 spiro atoms. The molecule has 0 saturated heterocycles. The van der Waals surface area contributed by atoms with E-state index in [1.165, 1.54) is 0 Å². The van der Waals surface area contributed by atoms with Crippen LogP contribution < -0.4 is 15.6 Å². The minimum absolute atomic E-state index is 0.162. The van der Waals surface area contributed by atoms with E-state index in [1.807, 2.05) is 31.2 Å². The summed E-state index contributed by atoms with van der Waals surface area (Å²) >= 11 is 0. The topological polar surface area (TPSA) is 71.2 Å². The first-order valence-corrected chi connectivity index (χ1v) is 7.62. The van der Waals surface area contributed by atoms with Gasteiger partial charge in [-0.2, -0.15) is 0 Å². The second-order valence-corrected chi connectivity index (χ2v) is 5.57. The Balaban J connectivity index is 1.84. The first-order valence-electron chi connectivity index (χ1n) is 7.62. The number of nitrogens with one attached hydrogen (secondary N) is 2. The lowest BCUT2D eigenvalue weighted by atomic mass is 10.1. The number of aromatic amines is 1. The second kappa shape index (κ2) is 6.58. The van der Waals surface area contributed by atoms with E-state index in [1.54, 1.807) is 31.4 Å². The van der Waals surface area contributed by atoms with Gasteiger partial charge in [0.05, 0.1) is 7.11 Å². The fourth-order valence-corrected chi connectivity index (χ4v) is 2.59. The van der Waals surface area contributed by atoms with Gasteiger partial charge in [0.15, 0.2) is 0 Å². The number of carbonyl (C=O) groups is 1. The molecular weight excluding hydrogens is 304 g/mol. The zero-order chi connectivity index (χ0) is 17.1. The molecule has 0 unspecified atom stereocenters. The highest BCUT2D eigenvalue weighted by Gasteiger charge is 2.10. The molecule has 0 radical (unpaired) electrons. The van der Waals surface area contributed by atoms with E-state index in [0.717, 1.165) is 16.5 Å². The van der Waals surface area contributed by atoms with Crippen molar-refractivity contribution in [2.24, 2.45) is 0 Å². The number of amides is 1. The monoisotopic (exact) mass is 322 g/mol. The normalized spacial score (nSPS) is 10.6. The molecule has 0 fully saturated rings. The molecule has 1 aromatic heterocycles. The summed E-state index contributed by atoms with van der Waals surface area (Å²) in [4.78, 5) is 27.3. The highest BCUT2D eigenvalue weighted by atomic mass is 16.5. The number of hydrogen-bond acceptors (Lipinski definition) is 3. The van der Waals surface area contributed by atoms with E-state index >= 15 is 0 Å². The summed E-state index contributed by atoms with van der Waals surface area (Å²) in [6.45, 7) is 2.04. The van der Waals surface area contributed by atoms with Crippen LogP contribution in [0.3, 0.4) is 0 Å². The summed E-state index contributed by atoms with van der Waals surface area (Å²) in [6.07, 6.45) is 0. The molecule has 0 aliphatic heterocycles. The summed E-state index contributed by atoms with van der Waals surface area (Å²) in [6, 6.07) is 14.5. The largest absolute Gasteiger partial charge is 0.497 e. The lowest BCUT2D eigenvalue weighted by molar-refractivity contribution is 0.0950. The van der Waals surface area contributed by atoms with Crippen molar-refractivity contribution in [2.75, 3.05) is 7.11 Å². The highest BCUT2D eigenvalue weighted by Crippen LogP contribution is 2.18. The zero-order valence-electron chi connectivity index (χ0n) is 13.6. The van der Waals surface area contributed by atoms with Crippen molar-refractivity contribution in [1.82, 2.24) is 10.3 Å². The average Bonchev–Trinajstić information content (AvgIpc) is 2.59. The van der Waals surface area contributed by atoms with Crippen molar-refractivity contribution in [3.05, 3.63) is 75.6 Å². The van der Waals surface area contributed by atoms with Gasteiger partial charge in [-0.15, -0.1) is 0 Å². The van der Waals surface area contributed by atoms with Crippen LogP contribution in [0.25, 0.3) is 10.9 Å². The van der Waals surface area contributed by atoms with Gasteiger partial charge < -0.3 is 15.0 Å². The van der Waals surface area contributed by atoms with Crippen LogP contribution in [0.2, 0.25) is 0 Å². The molecule has 0 bridgehead atoms. The number of pyridine rings is 1. The van der Waals surface area contributed by atoms with E-state index in [2.05, 4.69) is 10.3 Å². The van der Waals surface area contributed by atoms with Crippen LogP contribution in [-0.2, 0) is 6.54 Å². The number of carbonyl (C=O) groups excluding carboxylic acids is 1. The van der Waals surface area contributed by atoms with Gasteiger partial charge in [0.1, 0.15) is 5.75 Å². The van der Waals surface area contributed by atoms with Crippen LogP contribution in [0.5, 0.6) is 5.75 Å². The Labute approximate surface area is 139 Å². The van der Waals surface area contributed by atoms with Crippen molar-refractivity contribution in [2.45, 2.75) is 13.5 Å². The van der Waals surface area contributed by atoms with Gasteiger partial charge in [-0.25, -0.2) is 0 Å². The molecule has 0 aliphatic rings. The maximum atomic E-state index is 12.3. The smallest absolute Gasteiger partial charge is 0.253 e. The molecule has 3 aromatic rings. The first kappa shape index (κ1) is 15.8. The molecule has 0 saturated carbocycles. The average molecular weight is 322 g/mol. The predicted octanol–water partition coefficient (Wildman–Crippen LogP) is 2.78. The number of H-pyrrole nitrogens is 1. The van der Waals surface area contributed by atoms with E-state index < -0.39 is 0 Å². The molecule has 122 valence electrons. The van der Waals surface area contributed by atoms with Gasteiger partial charge >= 0.3 is 0 Å². The Morgan fingerprint density at radius 2 is 1.96 bits per heavy atom. The van der Waals surface area contributed by atoms with Gasteiger partial charge in [-0.05, 0) is 42.8 Å². The summed E-state index contributed by atoms with van der Waals surface area (Å²) in [7, 11) is 1.59. The number of methoxy groups -OCH3 is 1. The van der Waals surface area contributed by atoms with E-state index in [0.29, 0.717) is 16.9 Å². The maximum Gasteiger partial charge on any atom is 0.253 e.